The molecule has 196 valence electrons. The maximum atomic E-state index is 14.0. The number of nitriles is 1. The summed E-state index contributed by atoms with van der Waals surface area (Å²) in [6.45, 7) is 0. The highest BCUT2D eigenvalue weighted by Gasteiger charge is 2.32. The van der Waals surface area contributed by atoms with E-state index in [1.54, 1.807) is 48.5 Å². The van der Waals surface area contributed by atoms with Crippen LogP contribution in [0.15, 0.2) is 91.0 Å². The first kappa shape index (κ1) is 26.9. The summed E-state index contributed by atoms with van der Waals surface area (Å²) >= 11 is 0. The Hall–Kier alpha value is -5.17. The van der Waals surface area contributed by atoms with E-state index in [4.69, 9.17) is 14.7 Å². The van der Waals surface area contributed by atoms with Crippen LogP contribution in [0.25, 0.3) is 22.3 Å². The third kappa shape index (κ3) is 7.42. The Morgan fingerprint density at radius 2 is 1.13 bits per heavy atom. The second-order valence-electron chi connectivity index (χ2n) is 8.06. The first-order chi connectivity index (χ1) is 18.6. The first-order valence-electron chi connectivity index (χ1n) is 11.3. The largest absolute Gasteiger partial charge is 0.573 e. The second kappa shape index (κ2) is 11.5. The highest BCUT2D eigenvalue weighted by atomic mass is 19.4. The zero-order chi connectivity index (χ0) is 28.0. The summed E-state index contributed by atoms with van der Waals surface area (Å²) in [6.07, 6.45) is -5.68. The fraction of sp³-hybridized carbons (Fsp3) is 0.0690. The zero-order valence-corrected chi connectivity index (χ0v) is 19.9. The number of halogens is 4. The number of hydrogen-bond donors (Lipinski definition) is 0. The maximum absolute atomic E-state index is 14.0. The van der Waals surface area contributed by atoms with Crippen molar-refractivity contribution in [2.45, 2.75) is 12.8 Å². The molecule has 6 nitrogen and oxygen atoms in total. The molecule has 0 saturated heterocycles. The van der Waals surface area contributed by atoms with Crippen LogP contribution in [0.5, 0.6) is 17.2 Å². The van der Waals surface area contributed by atoms with Crippen LogP contribution in [0.1, 0.15) is 12.0 Å². The van der Waals surface area contributed by atoms with Crippen molar-refractivity contribution < 1.29 is 41.4 Å². The Balaban J connectivity index is 1.30. The van der Waals surface area contributed by atoms with Gasteiger partial charge in [-0.3, -0.25) is 9.59 Å². The molecule has 0 fully saturated rings. The van der Waals surface area contributed by atoms with Gasteiger partial charge in [0.1, 0.15) is 17.9 Å². The highest BCUT2D eigenvalue weighted by Crippen LogP contribution is 2.30. The van der Waals surface area contributed by atoms with E-state index < -0.39 is 36.3 Å². The molecule has 0 spiro atoms. The molecule has 4 aromatic carbocycles. The summed E-state index contributed by atoms with van der Waals surface area (Å²) < 4.78 is 64.8. The molecule has 4 rings (SSSR count). The molecule has 0 aliphatic carbocycles. The molecular formula is C29H17F4NO5. The molecular weight excluding hydrogens is 518 g/mol. The summed E-state index contributed by atoms with van der Waals surface area (Å²) in [5, 5.41) is 8.89. The number of carbonyl (C=O) groups excluding carboxylic acids is 2. The topological polar surface area (TPSA) is 85.6 Å². The minimum absolute atomic E-state index is 0.0980. The summed E-state index contributed by atoms with van der Waals surface area (Å²) in [5.41, 5.74) is 2.97. The van der Waals surface area contributed by atoms with E-state index >= 15 is 0 Å². The number of nitrogens with zero attached hydrogens (tertiary/aromatic N) is 1. The number of esters is 2. The van der Waals surface area contributed by atoms with E-state index in [0.717, 1.165) is 23.3 Å². The van der Waals surface area contributed by atoms with Crippen molar-refractivity contribution in [1.82, 2.24) is 0 Å². The van der Waals surface area contributed by atoms with Crippen molar-refractivity contribution in [3.05, 3.63) is 102 Å². The van der Waals surface area contributed by atoms with Crippen molar-refractivity contribution in [3.8, 4) is 45.6 Å². The predicted octanol–water partition coefficient (Wildman–Crippen LogP) is 6.83. The average Bonchev–Trinajstić information content (AvgIpc) is 2.90. The number of alkyl halides is 3. The molecule has 0 atom stereocenters. The van der Waals surface area contributed by atoms with Crippen molar-refractivity contribution in [3.63, 3.8) is 0 Å². The van der Waals surface area contributed by atoms with Crippen LogP contribution in [0.3, 0.4) is 0 Å². The van der Waals surface area contributed by atoms with Crippen LogP contribution in [0.2, 0.25) is 0 Å². The van der Waals surface area contributed by atoms with Gasteiger partial charge in [0, 0.05) is 0 Å². The van der Waals surface area contributed by atoms with E-state index in [2.05, 4.69) is 4.74 Å². The minimum atomic E-state index is -5.02. The van der Waals surface area contributed by atoms with Crippen LogP contribution in [-0.2, 0) is 9.59 Å². The lowest BCUT2D eigenvalue weighted by atomic mass is 10.0. The van der Waals surface area contributed by atoms with E-state index in [1.807, 2.05) is 6.07 Å². The SMILES string of the molecule is N#Cc1ccc(-c2ccc(OC(=O)CC(=O)Oc3ccc(-c4ccc(OC(F)(F)F)c(F)c4)cc3)cc2)cc1. The molecule has 0 heterocycles. The number of rotatable bonds is 7. The number of carbonyl (C=O) groups is 2. The van der Waals surface area contributed by atoms with Gasteiger partial charge in [0.05, 0.1) is 11.6 Å². The molecule has 0 bridgehead atoms. The molecule has 0 aliphatic heterocycles. The molecule has 0 aromatic heterocycles. The van der Waals surface area contributed by atoms with Crippen molar-refractivity contribution >= 4 is 11.9 Å². The minimum Gasteiger partial charge on any atom is -0.426 e. The normalized spacial score (nSPS) is 10.8. The van der Waals surface area contributed by atoms with Crippen LogP contribution >= 0.6 is 0 Å². The van der Waals surface area contributed by atoms with Gasteiger partial charge in [0.15, 0.2) is 11.6 Å². The molecule has 10 heteroatoms. The fourth-order valence-electron chi connectivity index (χ4n) is 3.51. The molecule has 0 aliphatic rings. The Labute approximate surface area is 219 Å². The predicted molar refractivity (Wildman–Crippen MR) is 131 cm³/mol. The fourth-order valence-corrected chi connectivity index (χ4v) is 3.51. The van der Waals surface area contributed by atoms with E-state index in [9.17, 15) is 27.2 Å². The lowest BCUT2D eigenvalue weighted by Gasteiger charge is -2.11. The van der Waals surface area contributed by atoms with Gasteiger partial charge in [0.2, 0.25) is 0 Å². The van der Waals surface area contributed by atoms with Gasteiger partial charge < -0.3 is 14.2 Å². The highest BCUT2D eigenvalue weighted by molar-refractivity contribution is 5.93. The van der Waals surface area contributed by atoms with Gasteiger partial charge in [-0.25, -0.2) is 4.39 Å². The van der Waals surface area contributed by atoms with Crippen molar-refractivity contribution in [1.29, 1.82) is 5.26 Å². The molecule has 0 radical (unpaired) electrons. The number of ether oxygens (including phenoxy) is 3. The Morgan fingerprint density at radius 3 is 1.56 bits per heavy atom. The molecule has 0 unspecified atom stereocenters. The van der Waals surface area contributed by atoms with E-state index in [-0.39, 0.29) is 17.1 Å². The Bertz CT molecular complexity index is 1520. The quantitative estimate of drug-likeness (QED) is 0.112. The third-order valence-electron chi connectivity index (χ3n) is 5.30. The van der Waals surface area contributed by atoms with Gasteiger partial charge >= 0.3 is 18.3 Å². The lowest BCUT2D eigenvalue weighted by Crippen LogP contribution is -2.18. The Morgan fingerprint density at radius 1 is 0.692 bits per heavy atom. The molecule has 0 N–H and O–H groups in total. The lowest BCUT2D eigenvalue weighted by molar-refractivity contribution is -0.275. The third-order valence-corrected chi connectivity index (χ3v) is 5.30. The first-order valence-corrected chi connectivity index (χ1v) is 11.3. The van der Waals surface area contributed by atoms with Crippen LogP contribution in [0, 0.1) is 17.1 Å². The van der Waals surface area contributed by atoms with Crippen LogP contribution in [0.4, 0.5) is 17.6 Å². The summed E-state index contributed by atoms with van der Waals surface area (Å²) in [4.78, 5) is 24.3. The van der Waals surface area contributed by atoms with Gasteiger partial charge in [-0.05, 0) is 70.8 Å². The van der Waals surface area contributed by atoms with Crippen LogP contribution in [-0.4, -0.2) is 18.3 Å². The van der Waals surface area contributed by atoms with Crippen molar-refractivity contribution in [2.75, 3.05) is 0 Å². The van der Waals surface area contributed by atoms with Gasteiger partial charge in [-0.2, -0.15) is 5.26 Å². The summed E-state index contributed by atoms with van der Waals surface area (Å²) in [7, 11) is 0. The Kier molecular flexibility index (Phi) is 7.91. The van der Waals surface area contributed by atoms with Crippen LogP contribution < -0.4 is 14.2 Å². The molecule has 0 saturated carbocycles. The van der Waals surface area contributed by atoms with Gasteiger partial charge in [0.25, 0.3) is 0 Å². The van der Waals surface area contributed by atoms with Gasteiger partial charge in [-0.15, -0.1) is 13.2 Å². The second-order valence-corrected chi connectivity index (χ2v) is 8.06. The van der Waals surface area contributed by atoms with E-state index in [1.165, 1.54) is 30.3 Å². The molecule has 4 aromatic rings. The number of hydrogen-bond acceptors (Lipinski definition) is 6. The zero-order valence-electron chi connectivity index (χ0n) is 19.9. The summed E-state index contributed by atoms with van der Waals surface area (Å²) in [5.74, 6) is -3.52. The van der Waals surface area contributed by atoms with E-state index in [0.29, 0.717) is 11.1 Å². The average molecular weight is 535 g/mol. The molecule has 0 amide bonds. The monoisotopic (exact) mass is 535 g/mol. The number of benzene rings is 4. The van der Waals surface area contributed by atoms with Crippen molar-refractivity contribution in [2.24, 2.45) is 0 Å². The standard InChI is InChI=1S/C29H17F4NO5/c30-25-15-22(9-14-26(25)39-29(31,32)33)21-7-12-24(13-8-21)38-28(36)16-27(35)37-23-10-5-20(6-11-23)19-3-1-18(17-34)2-4-19/h1-15H,16H2. The maximum Gasteiger partial charge on any atom is 0.573 e. The summed E-state index contributed by atoms with van der Waals surface area (Å²) in [6, 6.07) is 24.3. The van der Waals surface area contributed by atoms with Gasteiger partial charge in [-0.1, -0.05) is 42.5 Å². The molecule has 39 heavy (non-hydrogen) atoms. The smallest absolute Gasteiger partial charge is 0.426 e.